The molecular formula is C13H22N2. The largest absolute Gasteiger partial charge is 0.397 e. The summed E-state index contributed by atoms with van der Waals surface area (Å²) in [6.07, 6.45) is 1.16. The van der Waals surface area contributed by atoms with Gasteiger partial charge in [0, 0.05) is 6.04 Å². The van der Waals surface area contributed by atoms with Crippen LogP contribution >= 0.6 is 0 Å². The number of nitrogens with one attached hydrogen (secondary N) is 1. The molecule has 1 unspecified atom stereocenters. The standard InChI is InChI=1S/C13H22N2/c1-9(2)8-11(4)15-12-7-5-6-10(3)13(12)14/h5-7,9,11,15H,8,14H2,1-4H3. The number of para-hydroxylation sites is 1. The summed E-state index contributed by atoms with van der Waals surface area (Å²) < 4.78 is 0. The Morgan fingerprint density at radius 3 is 2.53 bits per heavy atom. The molecule has 0 fully saturated rings. The number of benzene rings is 1. The zero-order valence-electron chi connectivity index (χ0n) is 10.2. The van der Waals surface area contributed by atoms with E-state index in [1.807, 2.05) is 25.1 Å². The van der Waals surface area contributed by atoms with Crippen molar-refractivity contribution in [2.75, 3.05) is 11.1 Å². The minimum Gasteiger partial charge on any atom is -0.397 e. The van der Waals surface area contributed by atoms with Gasteiger partial charge >= 0.3 is 0 Å². The zero-order chi connectivity index (χ0) is 11.4. The lowest BCUT2D eigenvalue weighted by atomic mass is 10.0. The average Bonchev–Trinajstić information content (AvgIpc) is 2.11. The van der Waals surface area contributed by atoms with Crippen LogP contribution < -0.4 is 11.1 Å². The van der Waals surface area contributed by atoms with Crippen LogP contribution in [0.4, 0.5) is 11.4 Å². The summed E-state index contributed by atoms with van der Waals surface area (Å²) in [5.41, 5.74) is 9.06. The van der Waals surface area contributed by atoms with Gasteiger partial charge in [0.1, 0.15) is 0 Å². The maximum absolute atomic E-state index is 6.00. The number of rotatable bonds is 4. The summed E-state index contributed by atoms with van der Waals surface area (Å²) in [6, 6.07) is 6.58. The van der Waals surface area contributed by atoms with Gasteiger partial charge in [-0.3, -0.25) is 0 Å². The summed E-state index contributed by atoms with van der Waals surface area (Å²) in [5, 5.41) is 3.46. The minimum atomic E-state index is 0.467. The normalized spacial score (nSPS) is 12.9. The summed E-state index contributed by atoms with van der Waals surface area (Å²) in [6.45, 7) is 8.70. The number of hydrogen-bond donors (Lipinski definition) is 2. The van der Waals surface area contributed by atoms with Gasteiger partial charge in [0.25, 0.3) is 0 Å². The fourth-order valence-corrected chi connectivity index (χ4v) is 1.84. The Labute approximate surface area is 92.9 Å². The molecule has 0 aromatic heterocycles. The summed E-state index contributed by atoms with van der Waals surface area (Å²) in [7, 11) is 0. The Balaban J connectivity index is 2.68. The van der Waals surface area contributed by atoms with E-state index in [1.165, 1.54) is 0 Å². The SMILES string of the molecule is Cc1cccc(NC(C)CC(C)C)c1N. The van der Waals surface area contributed by atoms with E-state index in [4.69, 9.17) is 5.73 Å². The molecule has 1 aromatic carbocycles. The quantitative estimate of drug-likeness (QED) is 0.741. The molecule has 0 amide bonds. The van der Waals surface area contributed by atoms with Crippen molar-refractivity contribution in [1.29, 1.82) is 0 Å². The summed E-state index contributed by atoms with van der Waals surface area (Å²) >= 11 is 0. The fraction of sp³-hybridized carbons (Fsp3) is 0.538. The summed E-state index contributed by atoms with van der Waals surface area (Å²) in [4.78, 5) is 0. The Morgan fingerprint density at radius 2 is 1.93 bits per heavy atom. The van der Waals surface area contributed by atoms with E-state index >= 15 is 0 Å². The number of nitrogens with two attached hydrogens (primary N) is 1. The minimum absolute atomic E-state index is 0.467. The number of nitrogen functional groups attached to an aromatic ring is 1. The molecule has 0 saturated heterocycles. The van der Waals surface area contributed by atoms with Gasteiger partial charge in [0.15, 0.2) is 0 Å². The van der Waals surface area contributed by atoms with Crippen LogP contribution in [-0.2, 0) is 0 Å². The van der Waals surface area contributed by atoms with Gasteiger partial charge in [-0.25, -0.2) is 0 Å². The van der Waals surface area contributed by atoms with Gasteiger partial charge in [0.2, 0.25) is 0 Å². The van der Waals surface area contributed by atoms with Crippen molar-refractivity contribution in [3.05, 3.63) is 23.8 Å². The highest BCUT2D eigenvalue weighted by molar-refractivity contribution is 5.69. The van der Waals surface area contributed by atoms with Crippen molar-refractivity contribution in [3.63, 3.8) is 0 Å². The highest BCUT2D eigenvalue weighted by Crippen LogP contribution is 2.23. The Bertz CT molecular complexity index is 318. The molecule has 0 radical (unpaired) electrons. The predicted molar refractivity (Wildman–Crippen MR) is 68.1 cm³/mol. The third kappa shape index (κ3) is 3.46. The lowest BCUT2D eigenvalue weighted by molar-refractivity contribution is 0.540. The molecule has 3 N–H and O–H groups in total. The number of hydrogen-bond acceptors (Lipinski definition) is 2. The Hall–Kier alpha value is -1.18. The van der Waals surface area contributed by atoms with E-state index in [-0.39, 0.29) is 0 Å². The highest BCUT2D eigenvalue weighted by Gasteiger charge is 2.07. The molecule has 0 saturated carbocycles. The highest BCUT2D eigenvalue weighted by atomic mass is 14.9. The Morgan fingerprint density at radius 1 is 1.27 bits per heavy atom. The first-order valence-electron chi connectivity index (χ1n) is 5.62. The number of aryl methyl sites for hydroxylation is 1. The topological polar surface area (TPSA) is 38.0 Å². The van der Waals surface area contributed by atoms with E-state index in [0.29, 0.717) is 12.0 Å². The van der Waals surface area contributed by atoms with Crippen molar-refractivity contribution in [1.82, 2.24) is 0 Å². The van der Waals surface area contributed by atoms with Crippen molar-refractivity contribution in [3.8, 4) is 0 Å². The lowest BCUT2D eigenvalue weighted by Gasteiger charge is -2.19. The second-order valence-corrected chi connectivity index (χ2v) is 4.71. The van der Waals surface area contributed by atoms with Crippen molar-refractivity contribution in [2.24, 2.45) is 5.92 Å². The van der Waals surface area contributed by atoms with Crippen LogP contribution in [0.5, 0.6) is 0 Å². The van der Waals surface area contributed by atoms with E-state index < -0.39 is 0 Å². The molecule has 0 heterocycles. The summed E-state index contributed by atoms with van der Waals surface area (Å²) in [5.74, 6) is 0.707. The maximum atomic E-state index is 6.00. The van der Waals surface area contributed by atoms with E-state index in [9.17, 15) is 0 Å². The third-order valence-electron chi connectivity index (χ3n) is 2.55. The molecule has 2 nitrogen and oxygen atoms in total. The molecule has 1 aromatic rings. The van der Waals surface area contributed by atoms with Gasteiger partial charge in [-0.2, -0.15) is 0 Å². The van der Waals surface area contributed by atoms with Crippen LogP contribution in [0.25, 0.3) is 0 Å². The maximum Gasteiger partial charge on any atom is 0.0579 e. The van der Waals surface area contributed by atoms with E-state index in [2.05, 4.69) is 26.1 Å². The number of anilines is 2. The van der Waals surface area contributed by atoms with Gasteiger partial charge < -0.3 is 11.1 Å². The van der Waals surface area contributed by atoms with Gasteiger partial charge in [0.05, 0.1) is 11.4 Å². The Kier molecular flexibility index (Phi) is 4.01. The average molecular weight is 206 g/mol. The first-order valence-corrected chi connectivity index (χ1v) is 5.62. The van der Waals surface area contributed by atoms with Crippen LogP contribution in [0.3, 0.4) is 0 Å². The third-order valence-corrected chi connectivity index (χ3v) is 2.55. The molecule has 0 bridgehead atoms. The molecule has 0 spiro atoms. The molecule has 0 aliphatic heterocycles. The fourth-order valence-electron chi connectivity index (χ4n) is 1.84. The first kappa shape index (κ1) is 11.9. The first-order chi connectivity index (χ1) is 7.00. The molecule has 15 heavy (non-hydrogen) atoms. The monoisotopic (exact) mass is 206 g/mol. The van der Waals surface area contributed by atoms with Crippen LogP contribution in [0, 0.1) is 12.8 Å². The molecule has 84 valence electrons. The van der Waals surface area contributed by atoms with Gasteiger partial charge in [-0.1, -0.05) is 26.0 Å². The van der Waals surface area contributed by atoms with Crippen molar-refractivity contribution < 1.29 is 0 Å². The van der Waals surface area contributed by atoms with E-state index in [0.717, 1.165) is 23.4 Å². The molecule has 0 aliphatic rings. The molecular weight excluding hydrogens is 184 g/mol. The predicted octanol–water partition coefficient (Wildman–Crippen LogP) is 3.42. The smallest absolute Gasteiger partial charge is 0.0579 e. The van der Waals surface area contributed by atoms with Crippen LogP contribution in [0.1, 0.15) is 32.8 Å². The van der Waals surface area contributed by atoms with Crippen LogP contribution in [0.15, 0.2) is 18.2 Å². The molecule has 1 rings (SSSR count). The van der Waals surface area contributed by atoms with Gasteiger partial charge in [-0.05, 0) is 37.8 Å². The second-order valence-electron chi connectivity index (χ2n) is 4.71. The molecule has 0 aliphatic carbocycles. The van der Waals surface area contributed by atoms with Crippen molar-refractivity contribution in [2.45, 2.75) is 40.2 Å². The zero-order valence-corrected chi connectivity index (χ0v) is 10.2. The van der Waals surface area contributed by atoms with Crippen LogP contribution in [-0.4, -0.2) is 6.04 Å². The van der Waals surface area contributed by atoms with E-state index in [1.54, 1.807) is 0 Å². The van der Waals surface area contributed by atoms with Crippen LogP contribution in [0.2, 0.25) is 0 Å². The molecule has 2 heteroatoms. The van der Waals surface area contributed by atoms with Crippen molar-refractivity contribution >= 4 is 11.4 Å². The lowest BCUT2D eigenvalue weighted by Crippen LogP contribution is -2.18. The van der Waals surface area contributed by atoms with Gasteiger partial charge in [-0.15, -0.1) is 0 Å². The molecule has 1 atom stereocenters. The second kappa shape index (κ2) is 5.06.